The third kappa shape index (κ3) is 4.99. The number of para-hydroxylation sites is 1. The van der Waals surface area contributed by atoms with Crippen LogP contribution in [0, 0.1) is 0 Å². The Kier molecular flexibility index (Phi) is 7.43. The molecule has 5 aromatic carbocycles. The number of nitrogens with one attached hydrogen (secondary N) is 1. The molecule has 0 fully saturated rings. The lowest BCUT2D eigenvalue weighted by atomic mass is 9.87. The number of rotatable bonds is 6. The van der Waals surface area contributed by atoms with Gasteiger partial charge in [0.15, 0.2) is 5.01 Å². The van der Waals surface area contributed by atoms with Crippen LogP contribution in [0.4, 0.5) is 0 Å². The van der Waals surface area contributed by atoms with Crippen molar-refractivity contribution in [2.45, 2.75) is 13.5 Å². The Morgan fingerprint density at radius 1 is 0.605 bits per heavy atom. The smallest absolute Gasteiger partial charge is 0.281 e. The molecule has 1 heterocycles. The molecule has 1 aromatic heterocycles. The normalized spacial score (nSPS) is 10.8. The average molecular weight is 513 g/mol. The molecule has 0 atom stereocenters. The van der Waals surface area contributed by atoms with Crippen molar-refractivity contribution in [2.24, 2.45) is 0 Å². The summed E-state index contributed by atoms with van der Waals surface area (Å²) in [4.78, 5) is 18.3. The molecule has 0 aliphatic rings. The maximum Gasteiger partial charge on any atom is 0.281 e. The van der Waals surface area contributed by atoms with E-state index < -0.39 is 0 Å². The Morgan fingerprint density at radius 2 is 1.08 bits per heavy atom. The molecule has 4 heteroatoms. The first kappa shape index (κ1) is 25.1. The van der Waals surface area contributed by atoms with Gasteiger partial charge in [0.1, 0.15) is 0 Å². The lowest BCUT2D eigenvalue weighted by molar-refractivity contribution is 0.0943. The standard InChI is InChI=1S/C33H24N2OS.CH4/c36-32(33-34-29-21-11-12-22-30(29)37-33)35-31(27-19-9-7-17-25(27)23-13-3-1-4-14-23)28-20-10-8-18-26(28)24-15-5-2-6-16-24;/h1-22,31H,(H,35,36);1H4. The summed E-state index contributed by atoms with van der Waals surface area (Å²) in [6, 6.07) is 44.7. The highest BCUT2D eigenvalue weighted by Gasteiger charge is 2.25. The van der Waals surface area contributed by atoms with Gasteiger partial charge in [-0.1, -0.05) is 129 Å². The van der Waals surface area contributed by atoms with Gasteiger partial charge >= 0.3 is 0 Å². The predicted octanol–water partition coefficient (Wildman–Crippen LogP) is 8.79. The molecule has 38 heavy (non-hydrogen) atoms. The number of aromatic nitrogens is 1. The molecule has 0 bridgehead atoms. The number of benzene rings is 5. The molecule has 0 aliphatic heterocycles. The van der Waals surface area contributed by atoms with E-state index in [0.717, 1.165) is 43.6 Å². The largest absolute Gasteiger partial charge is 0.339 e. The van der Waals surface area contributed by atoms with Gasteiger partial charge in [-0.2, -0.15) is 0 Å². The van der Waals surface area contributed by atoms with Crippen LogP contribution in [-0.2, 0) is 0 Å². The highest BCUT2D eigenvalue weighted by atomic mass is 32.1. The SMILES string of the molecule is C.O=C(NC(c1ccccc1-c1ccccc1)c1ccccc1-c1ccccc1)c1nc2ccccc2s1. The van der Waals surface area contributed by atoms with Gasteiger partial charge in [0.25, 0.3) is 5.91 Å². The minimum atomic E-state index is -0.382. The zero-order valence-corrected chi connectivity index (χ0v) is 20.9. The van der Waals surface area contributed by atoms with E-state index >= 15 is 0 Å². The molecule has 0 radical (unpaired) electrons. The van der Waals surface area contributed by atoms with Crippen LogP contribution in [0.1, 0.15) is 34.4 Å². The first-order valence-corrected chi connectivity index (χ1v) is 13.0. The Hall–Kier alpha value is -4.54. The number of fused-ring (bicyclic) bond motifs is 1. The number of hydrogen-bond acceptors (Lipinski definition) is 3. The van der Waals surface area contributed by atoms with Crippen LogP contribution in [0.25, 0.3) is 32.5 Å². The van der Waals surface area contributed by atoms with E-state index in [9.17, 15) is 4.79 Å². The zero-order chi connectivity index (χ0) is 25.0. The number of carbonyl (C=O) groups is 1. The molecule has 0 aliphatic carbocycles. The van der Waals surface area contributed by atoms with Crippen molar-refractivity contribution in [1.82, 2.24) is 10.3 Å². The van der Waals surface area contributed by atoms with Gasteiger partial charge in [0, 0.05) is 0 Å². The molecule has 1 N–H and O–H groups in total. The molecule has 0 saturated heterocycles. The van der Waals surface area contributed by atoms with Crippen molar-refractivity contribution < 1.29 is 4.79 Å². The van der Waals surface area contributed by atoms with Crippen molar-refractivity contribution in [1.29, 1.82) is 0 Å². The number of thiazole rings is 1. The molecule has 0 unspecified atom stereocenters. The lowest BCUT2D eigenvalue weighted by Crippen LogP contribution is -2.30. The molecular weight excluding hydrogens is 484 g/mol. The number of amides is 1. The van der Waals surface area contributed by atoms with Crippen molar-refractivity contribution in [3.05, 3.63) is 150 Å². The molecule has 0 spiro atoms. The van der Waals surface area contributed by atoms with E-state index in [1.54, 1.807) is 0 Å². The van der Waals surface area contributed by atoms with E-state index in [1.165, 1.54) is 11.3 Å². The van der Waals surface area contributed by atoms with Crippen LogP contribution >= 0.6 is 11.3 Å². The van der Waals surface area contributed by atoms with E-state index in [4.69, 9.17) is 0 Å². The summed E-state index contributed by atoms with van der Waals surface area (Å²) in [5.74, 6) is -0.183. The monoisotopic (exact) mass is 512 g/mol. The van der Waals surface area contributed by atoms with Crippen molar-refractivity contribution in [3.8, 4) is 22.3 Å². The molecule has 1 amide bonds. The van der Waals surface area contributed by atoms with E-state index in [0.29, 0.717) is 5.01 Å². The van der Waals surface area contributed by atoms with Crippen LogP contribution in [0.15, 0.2) is 133 Å². The zero-order valence-electron chi connectivity index (χ0n) is 20.0. The molecular formula is C34H28N2OS. The van der Waals surface area contributed by atoms with Gasteiger partial charge in [-0.15, -0.1) is 11.3 Å². The van der Waals surface area contributed by atoms with Crippen LogP contribution in [0.5, 0.6) is 0 Å². The second kappa shape index (κ2) is 11.2. The summed E-state index contributed by atoms with van der Waals surface area (Å²) in [5.41, 5.74) is 7.28. The molecule has 186 valence electrons. The number of carbonyl (C=O) groups excluding carboxylic acids is 1. The number of nitrogens with zero attached hydrogens (tertiary/aromatic N) is 1. The summed E-state index contributed by atoms with van der Waals surface area (Å²) in [6.45, 7) is 0. The molecule has 3 nitrogen and oxygen atoms in total. The Labute approximate surface area is 227 Å². The molecule has 6 aromatic rings. The first-order valence-electron chi connectivity index (χ1n) is 12.2. The summed E-state index contributed by atoms with van der Waals surface area (Å²) >= 11 is 1.42. The van der Waals surface area contributed by atoms with Crippen molar-refractivity contribution in [2.75, 3.05) is 0 Å². The van der Waals surface area contributed by atoms with E-state index in [2.05, 4.69) is 58.8 Å². The Bertz CT molecular complexity index is 1560. The quantitative estimate of drug-likeness (QED) is 0.242. The lowest BCUT2D eigenvalue weighted by Gasteiger charge is -2.25. The summed E-state index contributed by atoms with van der Waals surface area (Å²) in [7, 11) is 0. The predicted molar refractivity (Wildman–Crippen MR) is 159 cm³/mol. The molecule has 0 saturated carbocycles. The van der Waals surface area contributed by atoms with Crippen molar-refractivity contribution in [3.63, 3.8) is 0 Å². The van der Waals surface area contributed by atoms with E-state index in [-0.39, 0.29) is 19.4 Å². The Morgan fingerprint density at radius 3 is 1.63 bits per heavy atom. The first-order chi connectivity index (χ1) is 18.3. The topological polar surface area (TPSA) is 42.0 Å². The fourth-order valence-electron chi connectivity index (χ4n) is 4.74. The van der Waals surface area contributed by atoms with Gasteiger partial charge in [0.05, 0.1) is 16.3 Å². The van der Waals surface area contributed by atoms with Crippen molar-refractivity contribution >= 4 is 27.5 Å². The van der Waals surface area contributed by atoms with Crippen LogP contribution in [-0.4, -0.2) is 10.9 Å². The van der Waals surface area contributed by atoms with Gasteiger partial charge in [-0.3, -0.25) is 4.79 Å². The molecule has 6 rings (SSSR count). The van der Waals surface area contributed by atoms with Gasteiger partial charge in [-0.05, 0) is 45.5 Å². The third-order valence-electron chi connectivity index (χ3n) is 6.48. The second-order valence-corrected chi connectivity index (χ2v) is 9.83. The fourth-order valence-corrected chi connectivity index (χ4v) is 5.61. The van der Waals surface area contributed by atoms with Crippen LogP contribution in [0.3, 0.4) is 0 Å². The fraction of sp³-hybridized carbons (Fsp3) is 0.0588. The van der Waals surface area contributed by atoms with E-state index in [1.807, 2.05) is 84.9 Å². The number of hydrogen-bond donors (Lipinski definition) is 1. The minimum absolute atomic E-state index is 0. The maximum absolute atomic E-state index is 13.7. The second-order valence-electron chi connectivity index (χ2n) is 8.80. The highest BCUT2D eigenvalue weighted by Crippen LogP contribution is 2.37. The van der Waals surface area contributed by atoms with Crippen LogP contribution < -0.4 is 5.32 Å². The van der Waals surface area contributed by atoms with Crippen LogP contribution in [0.2, 0.25) is 0 Å². The maximum atomic E-state index is 13.7. The summed E-state index contributed by atoms with van der Waals surface area (Å²) in [5, 5.41) is 3.82. The average Bonchev–Trinajstić information content (AvgIpc) is 3.42. The van der Waals surface area contributed by atoms with Gasteiger partial charge in [0.2, 0.25) is 0 Å². The summed E-state index contributed by atoms with van der Waals surface area (Å²) in [6.07, 6.45) is 0. The third-order valence-corrected chi connectivity index (χ3v) is 7.51. The van der Waals surface area contributed by atoms with Gasteiger partial charge in [-0.25, -0.2) is 4.98 Å². The minimum Gasteiger partial charge on any atom is -0.339 e. The Balaban J connectivity index is 0.00000294. The van der Waals surface area contributed by atoms with Gasteiger partial charge < -0.3 is 5.32 Å². The summed E-state index contributed by atoms with van der Waals surface area (Å²) < 4.78 is 0.999. The highest BCUT2D eigenvalue weighted by molar-refractivity contribution is 7.20.